The van der Waals surface area contributed by atoms with E-state index in [2.05, 4.69) is 6.92 Å². The molecule has 7 heteroatoms. The monoisotopic (exact) mass is 402 g/mol. The van der Waals surface area contributed by atoms with E-state index in [1.165, 1.54) is 6.07 Å². The Morgan fingerprint density at radius 3 is 2.48 bits per heavy atom. The molecule has 0 N–H and O–H groups in total. The summed E-state index contributed by atoms with van der Waals surface area (Å²) in [5, 5.41) is 4.70. The molecule has 0 amide bonds. The van der Waals surface area contributed by atoms with E-state index in [1.807, 2.05) is 45.4 Å². The number of rotatable bonds is 8. The van der Waals surface area contributed by atoms with Gasteiger partial charge in [-0.2, -0.15) is 5.10 Å². The van der Waals surface area contributed by atoms with Crippen molar-refractivity contribution >= 4 is 12.7 Å². The van der Waals surface area contributed by atoms with Crippen LogP contribution in [0.25, 0.3) is 0 Å². The van der Waals surface area contributed by atoms with Crippen molar-refractivity contribution in [2.45, 2.75) is 78.6 Å². The van der Waals surface area contributed by atoms with Crippen molar-refractivity contribution in [3.8, 4) is 5.75 Å². The Balaban J connectivity index is 1.90. The van der Waals surface area contributed by atoms with Gasteiger partial charge in [-0.3, -0.25) is 4.68 Å². The van der Waals surface area contributed by atoms with E-state index in [0.717, 1.165) is 35.4 Å². The summed E-state index contributed by atoms with van der Waals surface area (Å²) < 4.78 is 34.1. The van der Waals surface area contributed by atoms with E-state index >= 15 is 0 Å². The van der Waals surface area contributed by atoms with Gasteiger partial charge in [0.15, 0.2) is 5.75 Å². The molecule has 0 aliphatic carbocycles. The van der Waals surface area contributed by atoms with Gasteiger partial charge < -0.3 is 14.0 Å². The van der Waals surface area contributed by atoms with Gasteiger partial charge in [-0.25, -0.2) is 4.39 Å². The molecule has 1 aliphatic heterocycles. The van der Waals surface area contributed by atoms with Crippen molar-refractivity contribution in [2.75, 3.05) is 6.61 Å². The third kappa shape index (κ3) is 4.67. The van der Waals surface area contributed by atoms with Crippen LogP contribution in [-0.2, 0) is 22.3 Å². The summed E-state index contributed by atoms with van der Waals surface area (Å²) in [6.45, 7) is 13.4. The fourth-order valence-corrected chi connectivity index (χ4v) is 3.36. The summed E-state index contributed by atoms with van der Waals surface area (Å²) in [5.41, 5.74) is 1.62. The number of hydrogen-bond acceptors (Lipinski definition) is 4. The predicted molar refractivity (Wildman–Crippen MR) is 113 cm³/mol. The third-order valence-electron chi connectivity index (χ3n) is 5.83. The molecule has 0 bridgehead atoms. The molecule has 1 saturated heterocycles. The minimum atomic E-state index is -0.565. The van der Waals surface area contributed by atoms with Crippen LogP contribution in [0.1, 0.15) is 58.7 Å². The lowest BCUT2D eigenvalue weighted by Gasteiger charge is -2.32. The molecule has 158 valence electrons. The highest BCUT2D eigenvalue weighted by molar-refractivity contribution is 6.62. The van der Waals surface area contributed by atoms with Crippen molar-refractivity contribution in [3.63, 3.8) is 0 Å². The van der Waals surface area contributed by atoms with Gasteiger partial charge in [-0.05, 0) is 65.2 Å². The molecule has 0 unspecified atom stereocenters. The molecule has 2 aromatic rings. The molecule has 0 radical (unpaired) electrons. The van der Waals surface area contributed by atoms with Gasteiger partial charge >= 0.3 is 7.12 Å². The maximum Gasteiger partial charge on any atom is 0.518 e. The second-order valence-corrected chi connectivity index (χ2v) is 8.69. The first-order valence-corrected chi connectivity index (χ1v) is 10.4. The van der Waals surface area contributed by atoms with Gasteiger partial charge in [-0.1, -0.05) is 25.5 Å². The van der Waals surface area contributed by atoms with E-state index in [4.69, 9.17) is 19.1 Å². The van der Waals surface area contributed by atoms with Gasteiger partial charge in [0.1, 0.15) is 17.1 Å². The first-order chi connectivity index (χ1) is 13.6. The van der Waals surface area contributed by atoms with Crippen LogP contribution < -0.4 is 10.3 Å². The lowest BCUT2D eigenvalue weighted by atomic mass is 9.83. The van der Waals surface area contributed by atoms with Gasteiger partial charge in [0.2, 0.25) is 0 Å². The first-order valence-electron chi connectivity index (χ1n) is 10.4. The van der Waals surface area contributed by atoms with Crippen molar-refractivity contribution in [1.82, 2.24) is 9.78 Å². The van der Waals surface area contributed by atoms with Crippen LogP contribution in [0.2, 0.25) is 0 Å². The number of nitrogens with zero attached hydrogens (tertiary/aromatic N) is 2. The molecule has 2 heterocycles. The minimum Gasteiger partial charge on any atom is -0.490 e. The molecule has 29 heavy (non-hydrogen) atoms. The highest BCUT2D eigenvalue weighted by Gasteiger charge is 2.54. The summed E-state index contributed by atoms with van der Waals surface area (Å²) in [4.78, 5) is 0. The van der Waals surface area contributed by atoms with E-state index in [9.17, 15) is 4.39 Å². The van der Waals surface area contributed by atoms with Crippen LogP contribution in [0, 0.1) is 12.7 Å². The summed E-state index contributed by atoms with van der Waals surface area (Å²) in [6.07, 6.45) is 2.68. The maximum atomic E-state index is 13.5. The Hall–Kier alpha value is -1.86. The van der Waals surface area contributed by atoms with Gasteiger partial charge in [0, 0.05) is 6.54 Å². The molecule has 5 nitrogen and oxygen atoms in total. The zero-order valence-electron chi connectivity index (χ0n) is 18.4. The molecule has 1 fully saturated rings. The average Bonchev–Trinajstić information content (AvgIpc) is 3.05. The molecule has 0 saturated carbocycles. The fourth-order valence-electron chi connectivity index (χ4n) is 3.36. The standard InChI is InChI=1S/C22H32BFN2O3/c1-7-8-14-27-19-16(2)25-26(13-12-17-10-9-11-18(24)15-17)20(19)23-28-21(3,4)22(5,6)29-23/h9-11,15H,7-8,12-14H2,1-6H3. The molecule has 0 spiro atoms. The predicted octanol–water partition coefficient (Wildman–Crippen LogP) is 4.05. The molecule has 1 aliphatic rings. The van der Waals surface area contributed by atoms with Crippen molar-refractivity contribution in [1.29, 1.82) is 0 Å². The Labute approximate surface area is 173 Å². The number of aromatic nitrogens is 2. The van der Waals surface area contributed by atoms with Crippen LogP contribution in [0.3, 0.4) is 0 Å². The zero-order valence-corrected chi connectivity index (χ0v) is 18.4. The van der Waals surface area contributed by atoms with Crippen LogP contribution in [0.15, 0.2) is 24.3 Å². The average molecular weight is 402 g/mol. The highest BCUT2D eigenvalue weighted by Crippen LogP contribution is 2.37. The van der Waals surface area contributed by atoms with E-state index in [0.29, 0.717) is 19.6 Å². The topological polar surface area (TPSA) is 45.5 Å². The fraction of sp³-hybridized carbons (Fsp3) is 0.591. The summed E-state index contributed by atoms with van der Waals surface area (Å²) in [5.74, 6) is 0.505. The molecular formula is C22H32BFN2O3. The molecule has 1 aromatic heterocycles. The quantitative estimate of drug-likeness (QED) is 0.494. The first kappa shape index (κ1) is 21.8. The SMILES string of the molecule is CCCCOc1c(C)nn(CCc2cccc(F)c2)c1B1OC(C)(C)C(C)(C)O1. The Kier molecular flexibility index (Phi) is 6.39. The summed E-state index contributed by atoms with van der Waals surface area (Å²) in [7, 11) is -0.565. The van der Waals surface area contributed by atoms with Crippen LogP contribution >= 0.6 is 0 Å². The summed E-state index contributed by atoms with van der Waals surface area (Å²) in [6, 6.07) is 6.67. The Morgan fingerprint density at radius 2 is 1.86 bits per heavy atom. The minimum absolute atomic E-state index is 0.228. The number of benzene rings is 1. The molecule has 0 atom stereocenters. The second-order valence-electron chi connectivity index (χ2n) is 8.69. The second kappa shape index (κ2) is 8.48. The van der Waals surface area contributed by atoms with Crippen molar-refractivity contribution in [2.24, 2.45) is 0 Å². The third-order valence-corrected chi connectivity index (χ3v) is 5.83. The highest BCUT2D eigenvalue weighted by atomic mass is 19.1. The van der Waals surface area contributed by atoms with Crippen molar-refractivity contribution < 1.29 is 18.4 Å². The molecule has 3 rings (SSSR count). The zero-order chi connectivity index (χ0) is 21.2. The van der Waals surface area contributed by atoms with E-state index in [1.54, 1.807) is 12.1 Å². The normalized spacial score (nSPS) is 17.7. The Bertz CT molecular complexity index is 835. The smallest absolute Gasteiger partial charge is 0.490 e. The van der Waals surface area contributed by atoms with Crippen LogP contribution in [-0.4, -0.2) is 34.7 Å². The number of ether oxygens (including phenoxy) is 1. The van der Waals surface area contributed by atoms with Crippen molar-refractivity contribution in [3.05, 3.63) is 41.3 Å². The van der Waals surface area contributed by atoms with Gasteiger partial charge in [-0.15, -0.1) is 0 Å². The lowest BCUT2D eigenvalue weighted by molar-refractivity contribution is 0.00578. The lowest BCUT2D eigenvalue weighted by Crippen LogP contribution is -2.41. The number of aryl methyl sites for hydroxylation is 3. The van der Waals surface area contributed by atoms with Crippen LogP contribution in [0.5, 0.6) is 5.75 Å². The Morgan fingerprint density at radius 1 is 1.17 bits per heavy atom. The maximum absolute atomic E-state index is 13.5. The van der Waals surface area contributed by atoms with Gasteiger partial charge in [0.05, 0.1) is 17.8 Å². The van der Waals surface area contributed by atoms with Gasteiger partial charge in [0.25, 0.3) is 0 Å². The number of halogens is 1. The van der Waals surface area contributed by atoms with E-state index in [-0.39, 0.29) is 5.82 Å². The number of hydrogen-bond donors (Lipinski definition) is 0. The molecular weight excluding hydrogens is 370 g/mol. The van der Waals surface area contributed by atoms with E-state index < -0.39 is 18.3 Å². The summed E-state index contributed by atoms with van der Waals surface area (Å²) >= 11 is 0. The molecule has 1 aromatic carbocycles. The number of unbranched alkanes of at least 4 members (excludes halogenated alkanes) is 1. The van der Waals surface area contributed by atoms with Crippen LogP contribution in [0.4, 0.5) is 4.39 Å². The largest absolute Gasteiger partial charge is 0.518 e.